The van der Waals surface area contributed by atoms with Crippen molar-refractivity contribution < 1.29 is 9.15 Å². The summed E-state index contributed by atoms with van der Waals surface area (Å²) in [5.74, 6) is 1.94. The van der Waals surface area contributed by atoms with E-state index >= 15 is 0 Å². The zero-order valence-electron chi connectivity index (χ0n) is 11.0. The van der Waals surface area contributed by atoms with E-state index in [1.807, 2.05) is 6.92 Å². The van der Waals surface area contributed by atoms with Crippen LogP contribution >= 0.6 is 0 Å². The van der Waals surface area contributed by atoms with Gasteiger partial charge in [0.25, 0.3) is 0 Å². The Morgan fingerprint density at radius 2 is 2.24 bits per heavy atom. The number of hydrogen-bond donors (Lipinski definition) is 1. The number of ether oxygens (including phenoxy) is 1. The zero-order chi connectivity index (χ0) is 12.5. The molecule has 0 aromatic carbocycles. The highest BCUT2D eigenvalue weighted by Crippen LogP contribution is 2.23. The number of morpholine rings is 1. The van der Waals surface area contributed by atoms with Crippen molar-refractivity contribution in [1.29, 1.82) is 0 Å². The SMILES string of the molecule is Cc1oc(CN2CCOCC2(C)C)cc1CN. The van der Waals surface area contributed by atoms with Gasteiger partial charge >= 0.3 is 0 Å². The van der Waals surface area contributed by atoms with Crippen LogP contribution in [0.5, 0.6) is 0 Å². The minimum absolute atomic E-state index is 0.0713. The molecule has 1 aliphatic heterocycles. The largest absolute Gasteiger partial charge is 0.465 e. The van der Waals surface area contributed by atoms with Crippen molar-refractivity contribution in [1.82, 2.24) is 4.90 Å². The predicted octanol–water partition coefficient (Wildman–Crippen LogP) is 1.66. The molecule has 0 saturated carbocycles. The first-order valence-electron chi connectivity index (χ1n) is 6.14. The minimum atomic E-state index is 0.0713. The molecule has 4 heteroatoms. The third-order valence-corrected chi connectivity index (χ3v) is 3.46. The minimum Gasteiger partial charge on any atom is -0.465 e. The number of furan rings is 1. The van der Waals surface area contributed by atoms with E-state index in [0.717, 1.165) is 43.4 Å². The molecule has 1 aromatic heterocycles. The van der Waals surface area contributed by atoms with Crippen molar-refractivity contribution in [3.05, 3.63) is 23.2 Å². The number of hydrogen-bond acceptors (Lipinski definition) is 4. The molecule has 2 rings (SSSR count). The van der Waals surface area contributed by atoms with E-state index < -0.39 is 0 Å². The van der Waals surface area contributed by atoms with E-state index in [1.165, 1.54) is 0 Å². The standard InChI is InChI=1S/C13H22N2O2/c1-10-11(7-14)6-12(17-10)8-15-4-5-16-9-13(15,2)3/h6H,4-5,7-9,14H2,1-3H3. The Balaban J connectivity index is 2.08. The van der Waals surface area contributed by atoms with Gasteiger partial charge in [0.15, 0.2) is 0 Å². The first-order valence-corrected chi connectivity index (χ1v) is 6.14. The number of aryl methyl sites for hydroxylation is 1. The van der Waals surface area contributed by atoms with Crippen LogP contribution in [0, 0.1) is 6.92 Å². The van der Waals surface area contributed by atoms with Gasteiger partial charge in [-0.15, -0.1) is 0 Å². The van der Waals surface area contributed by atoms with E-state index in [-0.39, 0.29) is 5.54 Å². The summed E-state index contributed by atoms with van der Waals surface area (Å²) in [5, 5.41) is 0. The van der Waals surface area contributed by atoms with Gasteiger partial charge in [-0.3, -0.25) is 4.90 Å². The fraction of sp³-hybridized carbons (Fsp3) is 0.692. The first-order chi connectivity index (χ1) is 8.03. The van der Waals surface area contributed by atoms with Crippen molar-refractivity contribution in [3.63, 3.8) is 0 Å². The number of rotatable bonds is 3. The maximum Gasteiger partial charge on any atom is 0.118 e. The van der Waals surface area contributed by atoms with Crippen LogP contribution < -0.4 is 5.73 Å². The summed E-state index contributed by atoms with van der Waals surface area (Å²) in [6.07, 6.45) is 0. The number of nitrogens with zero attached hydrogens (tertiary/aromatic N) is 1. The Kier molecular flexibility index (Phi) is 3.56. The molecule has 1 saturated heterocycles. The van der Waals surface area contributed by atoms with Crippen LogP contribution in [0.1, 0.15) is 30.9 Å². The lowest BCUT2D eigenvalue weighted by Gasteiger charge is -2.41. The summed E-state index contributed by atoms with van der Waals surface area (Å²) in [4.78, 5) is 2.40. The van der Waals surface area contributed by atoms with E-state index in [2.05, 4.69) is 24.8 Å². The second-order valence-corrected chi connectivity index (χ2v) is 5.28. The van der Waals surface area contributed by atoms with Gasteiger partial charge in [0.1, 0.15) is 11.5 Å². The molecule has 2 N–H and O–H groups in total. The predicted molar refractivity (Wildman–Crippen MR) is 66.6 cm³/mol. The maximum atomic E-state index is 5.74. The van der Waals surface area contributed by atoms with Gasteiger partial charge in [-0.25, -0.2) is 0 Å². The van der Waals surface area contributed by atoms with Gasteiger partial charge in [-0.05, 0) is 26.8 Å². The van der Waals surface area contributed by atoms with Crippen molar-refractivity contribution in [2.75, 3.05) is 19.8 Å². The van der Waals surface area contributed by atoms with Gasteiger partial charge < -0.3 is 14.9 Å². The molecule has 0 radical (unpaired) electrons. The highest BCUT2D eigenvalue weighted by atomic mass is 16.5. The molecule has 1 aromatic rings. The Bertz CT molecular complexity index is 385. The van der Waals surface area contributed by atoms with Gasteiger partial charge in [0.05, 0.1) is 19.8 Å². The normalized spacial score (nSPS) is 20.7. The van der Waals surface area contributed by atoms with Crippen LogP contribution in [-0.4, -0.2) is 30.2 Å². The van der Waals surface area contributed by atoms with E-state index in [1.54, 1.807) is 0 Å². The average molecular weight is 238 g/mol. The van der Waals surface area contributed by atoms with Crippen molar-refractivity contribution in [2.24, 2.45) is 5.73 Å². The van der Waals surface area contributed by atoms with Crippen LogP contribution in [-0.2, 0) is 17.8 Å². The topological polar surface area (TPSA) is 51.6 Å². The van der Waals surface area contributed by atoms with Gasteiger partial charge in [0, 0.05) is 24.2 Å². The van der Waals surface area contributed by atoms with Crippen LogP contribution in [0.15, 0.2) is 10.5 Å². The molecule has 17 heavy (non-hydrogen) atoms. The van der Waals surface area contributed by atoms with E-state index in [0.29, 0.717) is 6.54 Å². The van der Waals surface area contributed by atoms with Crippen LogP contribution in [0.2, 0.25) is 0 Å². The number of nitrogens with two attached hydrogens (primary N) is 1. The fourth-order valence-electron chi connectivity index (χ4n) is 2.24. The molecule has 0 atom stereocenters. The lowest BCUT2D eigenvalue weighted by molar-refractivity contribution is -0.0577. The van der Waals surface area contributed by atoms with Crippen molar-refractivity contribution >= 4 is 0 Å². The fourth-order valence-corrected chi connectivity index (χ4v) is 2.24. The van der Waals surface area contributed by atoms with Crippen LogP contribution in [0.25, 0.3) is 0 Å². The maximum absolute atomic E-state index is 5.74. The first kappa shape index (κ1) is 12.6. The summed E-state index contributed by atoms with van der Waals surface area (Å²) in [7, 11) is 0. The molecule has 0 spiro atoms. The van der Waals surface area contributed by atoms with Crippen LogP contribution in [0.3, 0.4) is 0 Å². The van der Waals surface area contributed by atoms with Crippen molar-refractivity contribution in [3.8, 4) is 0 Å². The summed E-state index contributed by atoms with van der Waals surface area (Å²) in [6.45, 7) is 10.3. The molecule has 0 bridgehead atoms. The second-order valence-electron chi connectivity index (χ2n) is 5.28. The van der Waals surface area contributed by atoms with Gasteiger partial charge in [-0.2, -0.15) is 0 Å². The zero-order valence-corrected chi connectivity index (χ0v) is 11.0. The van der Waals surface area contributed by atoms with Crippen molar-refractivity contribution in [2.45, 2.75) is 39.4 Å². The molecule has 0 aliphatic carbocycles. The highest BCUT2D eigenvalue weighted by Gasteiger charge is 2.31. The third-order valence-electron chi connectivity index (χ3n) is 3.46. The molecule has 1 aliphatic rings. The van der Waals surface area contributed by atoms with Gasteiger partial charge in [0.2, 0.25) is 0 Å². The average Bonchev–Trinajstić information content (AvgIpc) is 2.62. The summed E-state index contributed by atoms with van der Waals surface area (Å²) >= 11 is 0. The summed E-state index contributed by atoms with van der Waals surface area (Å²) in [6, 6.07) is 2.07. The van der Waals surface area contributed by atoms with E-state index in [9.17, 15) is 0 Å². The Labute approximate surface area is 103 Å². The van der Waals surface area contributed by atoms with E-state index in [4.69, 9.17) is 14.9 Å². The Morgan fingerprint density at radius 3 is 2.82 bits per heavy atom. The van der Waals surface area contributed by atoms with Crippen LogP contribution in [0.4, 0.5) is 0 Å². The molecule has 0 amide bonds. The lowest BCUT2D eigenvalue weighted by Crippen LogP contribution is -2.52. The second kappa shape index (κ2) is 4.80. The highest BCUT2D eigenvalue weighted by molar-refractivity contribution is 5.20. The van der Waals surface area contributed by atoms with Gasteiger partial charge in [-0.1, -0.05) is 0 Å². The molecule has 4 nitrogen and oxygen atoms in total. The third kappa shape index (κ3) is 2.70. The molecular formula is C13H22N2O2. The summed E-state index contributed by atoms with van der Waals surface area (Å²) < 4.78 is 11.2. The monoisotopic (exact) mass is 238 g/mol. The molecule has 0 unspecified atom stereocenters. The Hall–Kier alpha value is -0.840. The molecule has 2 heterocycles. The molecule has 1 fully saturated rings. The molecule has 96 valence electrons. The lowest BCUT2D eigenvalue weighted by atomic mass is 10.0. The molecular weight excluding hydrogens is 216 g/mol. The summed E-state index contributed by atoms with van der Waals surface area (Å²) in [5.41, 5.74) is 6.83. The smallest absolute Gasteiger partial charge is 0.118 e. The quantitative estimate of drug-likeness (QED) is 0.870. The Morgan fingerprint density at radius 1 is 1.47 bits per heavy atom.